The summed E-state index contributed by atoms with van der Waals surface area (Å²) in [6, 6.07) is 13.1. The Kier molecular flexibility index (Phi) is 6.66. The first-order valence-electron chi connectivity index (χ1n) is 9.12. The molecule has 0 aliphatic rings. The number of H-pyrrole nitrogens is 1. The van der Waals surface area contributed by atoms with Gasteiger partial charge in [-0.15, -0.1) is 0 Å². The number of rotatable bonds is 7. The van der Waals surface area contributed by atoms with Gasteiger partial charge in [0.25, 0.3) is 5.91 Å². The average Bonchev–Trinajstić information content (AvgIpc) is 3.23. The Balaban J connectivity index is 1.55. The lowest BCUT2D eigenvalue weighted by Crippen LogP contribution is -2.35. The monoisotopic (exact) mass is 409 g/mol. The number of hydrogen-bond donors (Lipinski definition) is 2. The molecule has 7 nitrogen and oxygen atoms in total. The average molecular weight is 410 g/mol. The zero-order chi connectivity index (χ0) is 20.8. The summed E-state index contributed by atoms with van der Waals surface area (Å²) < 4.78 is 0. The van der Waals surface area contributed by atoms with Crippen molar-refractivity contribution >= 4 is 29.3 Å². The van der Waals surface area contributed by atoms with E-state index in [1.165, 1.54) is 23.0 Å². The first-order valence-corrected chi connectivity index (χ1v) is 10.1. The SMILES string of the molecule is Cc1cccc(NC(=O)CN(C)C(=O)c2ccc(CSc3ncn[nH]3)cc2)c1C. The summed E-state index contributed by atoms with van der Waals surface area (Å²) in [5.74, 6) is 0.294. The highest BCUT2D eigenvalue weighted by molar-refractivity contribution is 7.98. The molecule has 0 saturated carbocycles. The number of nitrogens with one attached hydrogen (secondary N) is 2. The highest BCUT2D eigenvalue weighted by Crippen LogP contribution is 2.19. The van der Waals surface area contributed by atoms with Crippen molar-refractivity contribution in [3.05, 3.63) is 71.0 Å². The molecule has 0 fully saturated rings. The van der Waals surface area contributed by atoms with Gasteiger partial charge in [0, 0.05) is 24.1 Å². The number of aryl methyl sites for hydroxylation is 1. The summed E-state index contributed by atoms with van der Waals surface area (Å²) in [6.07, 6.45) is 1.47. The van der Waals surface area contributed by atoms with Gasteiger partial charge in [0.05, 0.1) is 6.54 Å². The molecule has 29 heavy (non-hydrogen) atoms. The van der Waals surface area contributed by atoms with Crippen LogP contribution in [0.2, 0.25) is 0 Å². The van der Waals surface area contributed by atoms with Gasteiger partial charge in [-0.3, -0.25) is 14.7 Å². The molecule has 150 valence electrons. The van der Waals surface area contributed by atoms with Crippen LogP contribution in [0.3, 0.4) is 0 Å². The normalized spacial score (nSPS) is 10.6. The molecular weight excluding hydrogens is 386 g/mol. The smallest absolute Gasteiger partial charge is 0.254 e. The molecule has 2 amide bonds. The van der Waals surface area contributed by atoms with Gasteiger partial charge >= 0.3 is 0 Å². The molecule has 0 atom stereocenters. The van der Waals surface area contributed by atoms with E-state index in [2.05, 4.69) is 20.5 Å². The van der Waals surface area contributed by atoms with E-state index in [1.807, 2.05) is 44.2 Å². The molecule has 0 radical (unpaired) electrons. The zero-order valence-electron chi connectivity index (χ0n) is 16.6. The summed E-state index contributed by atoms with van der Waals surface area (Å²) in [5, 5.41) is 10.2. The lowest BCUT2D eigenvalue weighted by molar-refractivity contribution is -0.116. The summed E-state index contributed by atoms with van der Waals surface area (Å²) in [5.41, 5.74) is 4.51. The Morgan fingerprint density at radius 3 is 2.59 bits per heavy atom. The number of thioether (sulfide) groups is 1. The van der Waals surface area contributed by atoms with Gasteiger partial charge in [-0.05, 0) is 48.7 Å². The van der Waals surface area contributed by atoms with Crippen LogP contribution in [0.4, 0.5) is 5.69 Å². The fourth-order valence-corrected chi connectivity index (χ4v) is 3.48. The van der Waals surface area contributed by atoms with E-state index in [9.17, 15) is 9.59 Å². The summed E-state index contributed by atoms with van der Waals surface area (Å²) >= 11 is 1.53. The highest BCUT2D eigenvalue weighted by atomic mass is 32.2. The number of likely N-dealkylation sites (N-methyl/N-ethyl adjacent to an activating group) is 1. The number of aromatic amines is 1. The topological polar surface area (TPSA) is 91.0 Å². The third kappa shape index (κ3) is 5.45. The molecule has 0 saturated heterocycles. The van der Waals surface area contributed by atoms with Crippen molar-refractivity contribution in [3.8, 4) is 0 Å². The second-order valence-electron chi connectivity index (χ2n) is 6.73. The molecule has 0 unspecified atom stereocenters. The molecule has 1 aromatic heterocycles. The maximum absolute atomic E-state index is 12.6. The van der Waals surface area contributed by atoms with E-state index in [0.29, 0.717) is 5.56 Å². The third-order valence-electron chi connectivity index (χ3n) is 4.58. The van der Waals surface area contributed by atoms with Crippen molar-refractivity contribution in [2.45, 2.75) is 24.8 Å². The third-order valence-corrected chi connectivity index (χ3v) is 5.52. The van der Waals surface area contributed by atoms with Crippen LogP contribution in [-0.4, -0.2) is 45.5 Å². The summed E-state index contributed by atoms with van der Waals surface area (Å²) in [4.78, 5) is 30.5. The molecule has 3 aromatic rings. The number of benzene rings is 2. The predicted octanol–water partition coefficient (Wildman–Crippen LogP) is 3.42. The largest absolute Gasteiger partial charge is 0.332 e. The van der Waals surface area contributed by atoms with E-state index < -0.39 is 0 Å². The van der Waals surface area contributed by atoms with Gasteiger partial charge in [0.2, 0.25) is 5.91 Å². The lowest BCUT2D eigenvalue weighted by atomic mass is 10.1. The predicted molar refractivity (Wildman–Crippen MR) is 114 cm³/mol. The Bertz CT molecular complexity index is 987. The standard InChI is InChI=1S/C21H23N5O2S/c1-14-5-4-6-18(15(14)2)24-19(27)11-26(3)20(28)17-9-7-16(8-10-17)12-29-21-22-13-23-25-21/h4-10,13H,11-12H2,1-3H3,(H,24,27)(H,22,23,25). The van der Waals surface area contributed by atoms with Crippen LogP contribution in [-0.2, 0) is 10.5 Å². The number of nitrogens with zero attached hydrogens (tertiary/aromatic N) is 3. The molecular formula is C21H23N5O2S. The molecule has 0 aliphatic heterocycles. The second kappa shape index (κ2) is 9.38. The lowest BCUT2D eigenvalue weighted by Gasteiger charge is -2.18. The van der Waals surface area contributed by atoms with Crippen LogP contribution in [0.25, 0.3) is 0 Å². The van der Waals surface area contributed by atoms with E-state index in [1.54, 1.807) is 19.2 Å². The van der Waals surface area contributed by atoms with Gasteiger partial charge in [0.1, 0.15) is 6.33 Å². The molecule has 0 aliphatic carbocycles. The quantitative estimate of drug-likeness (QED) is 0.584. The van der Waals surface area contributed by atoms with Gasteiger partial charge in [-0.25, -0.2) is 4.98 Å². The minimum atomic E-state index is -0.227. The van der Waals surface area contributed by atoms with Gasteiger partial charge in [-0.1, -0.05) is 36.0 Å². The molecule has 2 N–H and O–H groups in total. The van der Waals surface area contributed by atoms with Crippen molar-refractivity contribution in [2.24, 2.45) is 0 Å². The first kappa shape index (κ1) is 20.6. The van der Waals surface area contributed by atoms with Crippen molar-refractivity contribution < 1.29 is 9.59 Å². The maximum Gasteiger partial charge on any atom is 0.254 e. The van der Waals surface area contributed by atoms with E-state index in [0.717, 1.165) is 33.3 Å². The Morgan fingerprint density at radius 2 is 1.90 bits per heavy atom. The summed E-state index contributed by atoms with van der Waals surface area (Å²) in [7, 11) is 1.62. The van der Waals surface area contributed by atoms with Crippen molar-refractivity contribution in [1.82, 2.24) is 20.1 Å². The molecule has 2 aromatic carbocycles. The van der Waals surface area contributed by atoms with Crippen LogP contribution < -0.4 is 5.32 Å². The fraction of sp³-hybridized carbons (Fsp3) is 0.238. The minimum absolute atomic E-state index is 0.0185. The highest BCUT2D eigenvalue weighted by Gasteiger charge is 2.16. The van der Waals surface area contributed by atoms with Crippen molar-refractivity contribution in [3.63, 3.8) is 0 Å². The number of carbonyl (C=O) groups excluding carboxylic acids is 2. The molecule has 1 heterocycles. The van der Waals surface area contributed by atoms with E-state index >= 15 is 0 Å². The van der Waals surface area contributed by atoms with Gasteiger partial charge < -0.3 is 10.2 Å². The Hall–Kier alpha value is -3.13. The zero-order valence-corrected chi connectivity index (χ0v) is 17.4. The van der Waals surface area contributed by atoms with Crippen molar-refractivity contribution in [2.75, 3.05) is 18.9 Å². The van der Waals surface area contributed by atoms with E-state index in [4.69, 9.17) is 0 Å². The van der Waals surface area contributed by atoms with Crippen LogP contribution >= 0.6 is 11.8 Å². The number of aromatic nitrogens is 3. The maximum atomic E-state index is 12.6. The van der Waals surface area contributed by atoms with Crippen molar-refractivity contribution in [1.29, 1.82) is 0 Å². The Labute approximate surface area is 173 Å². The number of amides is 2. The van der Waals surface area contributed by atoms with Crippen LogP contribution in [0, 0.1) is 13.8 Å². The fourth-order valence-electron chi connectivity index (χ4n) is 2.74. The van der Waals surface area contributed by atoms with Gasteiger partial charge in [0.15, 0.2) is 5.16 Å². The minimum Gasteiger partial charge on any atom is -0.332 e. The Morgan fingerprint density at radius 1 is 1.14 bits per heavy atom. The molecule has 0 bridgehead atoms. The van der Waals surface area contributed by atoms with E-state index in [-0.39, 0.29) is 18.4 Å². The van der Waals surface area contributed by atoms with Gasteiger partial charge in [-0.2, -0.15) is 5.10 Å². The molecule has 0 spiro atoms. The number of hydrogen-bond acceptors (Lipinski definition) is 5. The van der Waals surface area contributed by atoms with Crippen LogP contribution in [0.15, 0.2) is 53.9 Å². The van der Waals surface area contributed by atoms with Crippen LogP contribution in [0.1, 0.15) is 27.0 Å². The molecule has 8 heteroatoms. The second-order valence-corrected chi connectivity index (χ2v) is 7.70. The molecule has 3 rings (SSSR count). The number of anilines is 1. The summed E-state index contributed by atoms with van der Waals surface area (Å²) in [6.45, 7) is 3.94. The first-order chi connectivity index (χ1) is 13.9. The van der Waals surface area contributed by atoms with Crippen LogP contribution in [0.5, 0.6) is 0 Å². The number of carbonyl (C=O) groups is 2.